The quantitative estimate of drug-likeness (QED) is 0.262. The molecule has 3 aromatic heterocycles. The fourth-order valence-electron chi connectivity index (χ4n) is 3.73. The molecule has 9 nitrogen and oxygen atoms in total. The van der Waals surface area contributed by atoms with Gasteiger partial charge in [0.15, 0.2) is 0 Å². The highest BCUT2D eigenvalue weighted by atomic mass is 35.5. The van der Waals surface area contributed by atoms with E-state index in [1.807, 2.05) is 13.8 Å². The molecular weight excluding hydrogens is 496 g/mol. The average Bonchev–Trinajstić information content (AvgIpc) is 3.40. The number of H-pyrrole nitrogens is 1. The van der Waals surface area contributed by atoms with Crippen LogP contribution in [-0.4, -0.2) is 47.7 Å². The summed E-state index contributed by atoms with van der Waals surface area (Å²) in [5.41, 5.74) is 2.57. The molecule has 3 heterocycles. The van der Waals surface area contributed by atoms with Crippen molar-refractivity contribution in [1.82, 2.24) is 30.3 Å². The van der Waals surface area contributed by atoms with Crippen molar-refractivity contribution in [3.63, 3.8) is 0 Å². The zero-order valence-electron chi connectivity index (χ0n) is 19.9. The van der Waals surface area contributed by atoms with Crippen molar-refractivity contribution in [3.8, 4) is 11.1 Å². The molecule has 1 atom stereocenters. The highest BCUT2D eigenvalue weighted by molar-refractivity contribution is 6.44. The molecule has 0 aliphatic heterocycles. The molecule has 0 fully saturated rings. The summed E-state index contributed by atoms with van der Waals surface area (Å²) in [5, 5.41) is 16.4. The van der Waals surface area contributed by atoms with Crippen LogP contribution in [0.15, 0.2) is 24.4 Å². The van der Waals surface area contributed by atoms with Crippen molar-refractivity contribution in [3.05, 3.63) is 47.4 Å². The average molecular weight is 524 g/mol. The van der Waals surface area contributed by atoms with Gasteiger partial charge in [0, 0.05) is 29.1 Å². The molecule has 3 aromatic rings. The van der Waals surface area contributed by atoms with Crippen molar-refractivity contribution < 1.29 is 14.0 Å². The number of nitrogens with one attached hydrogen (secondary N) is 3. The van der Waals surface area contributed by atoms with E-state index in [4.69, 9.17) is 23.2 Å². The number of aryl methyl sites for hydroxylation is 2. The number of halogens is 3. The zero-order chi connectivity index (χ0) is 25.7. The van der Waals surface area contributed by atoms with Crippen molar-refractivity contribution >= 4 is 40.8 Å². The van der Waals surface area contributed by atoms with Crippen LogP contribution in [0.3, 0.4) is 0 Å². The lowest BCUT2D eigenvalue weighted by atomic mass is 10.1. The normalized spacial score (nSPS) is 12.3. The number of aromatic amines is 1. The van der Waals surface area contributed by atoms with E-state index in [2.05, 4.69) is 30.9 Å². The van der Waals surface area contributed by atoms with E-state index in [0.29, 0.717) is 35.5 Å². The lowest BCUT2D eigenvalue weighted by Crippen LogP contribution is -2.44. The van der Waals surface area contributed by atoms with Gasteiger partial charge in [-0.05, 0) is 65.2 Å². The van der Waals surface area contributed by atoms with E-state index in [-0.39, 0.29) is 23.8 Å². The monoisotopic (exact) mass is 523 g/mol. The summed E-state index contributed by atoms with van der Waals surface area (Å²) in [4.78, 5) is 29.3. The number of nitrogens with zero attached hydrogens (tertiary/aromatic N) is 4. The summed E-state index contributed by atoms with van der Waals surface area (Å²) < 4.78 is 16.4. The Labute approximate surface area is 212 Å². The van der Waals surface area contributed by atoms with Crippen molar-refractivity contribution in [2.75, 3.05) is 5.32 Å². The van der Waals surface area contributed by atoms with Gasteiger partial charge in [0.25, 0.3) is 5.91 Å². The van der Waals surface area contributed by atoms with E-state index >= 15 is 0 Å². The molecule has 12 heteroatoms. The standard InChI is InChI=1S/C23H28Cl2FN7O2/c1-12(2)33-17(10-11-27-33)23(35)28-16(6-5-7-18(24)25)22(34)30-19-9-8-15(21(26)29-19)20-13(3)31-32-14(20)4/h8-12,16,18H,5-7H2,1-4H3,(H,28,35)(H,31,32)(H,29,30,34)/t16-/m0/s1. The Balaban J connectivity index is 1.77. The molecule has 0 aromatic carbocycles. The van der Waals surface area contributed by atoms with Gasteiger partial charge in [-0.1, -0.05) is 0 Å². The van der Waals surface area contributed by atoms with Gasteiger partial charge in [-0.3, -0.25) is 19.4 Å². The Morgan fingerprint density at radius 1 is 1.17 bits per heavy atom. The van der Waals surface area contributed by atoms with E-state index in [9.17, 15) is 14.0 Å². The van der Waals surface area contributed by atoms with Gasteiger partial charge in [0.1, 0.15) is 22.4 Å². The number of hydrogen-bond donors (Lipinski definition) is 3. The Hall–Kier alpha value is -2.98. The number of anilines is 1. The number of amides is 2. The van der Waals surface area contributed by atoms with Crippen molar-refractivity contribution in [2.45, 2.75) is 63.9 Å². The lowest BCUT2D eigenvalue weighted by molar-refractivity contribution is -0.118. The predicted molar refractivity (Wildman–Crippen MR) is 133 cm³/mol. The molecule has 0 aliphatic carbocycles. The molecule has 0 radical (unpaired) electrons. The summed E-state index contributed by atoms with van der Waals surface area (Å²) in [5.74, 6) is -1.71. The van der Waals surface area contributed by atoms with Gasteiger partial charge in [-0.2, -0.15) is 14.6 Å². The Morgan fingerprint density at radius 2 is 1.91 bits per heavy atom. The van der Waals surface area contributed by atoms with E-state index in [1.54, 1.807) is 24.6 Å². The third-order valence-electron chi connectivity index (χ3n) is 5.43. The topological polar surface area (TPSA) is 118 Å². The van der Waals surface area contributed by atoms with Crippen LogP contribution in [-0.2, 0) is 4.79 Å². The van der Waals surface area contributed by atoms with Crippen LogP contribution in [0, 0.1) is 19.8 Å². The largest absolute Gasteiger partial charge is 0.339 e. The number of rotatable bonds is 10. The fraction of sp³-hybridized carbons (Fsp3) is 0.435. The first-order valence-corrected chi connectivity index (χ1v) is 12.1. The first-order chi connectivity index (χ1) is 16.6. The third-order valence-corrected chi connectivity index (χ3v) is 5.86. The van der Waals surface area contributed by atoms with E-state index in [0.717, 1.165) is 0 Å². The first-order valence-electron chi connectivity index (χ1n) is 11.2. The first kappa shape index (κ1) is 26.6. The van der Waals surface area contributed by atoms with Crippen LogP contribution in [0.1, 0.15) is 61.0 Å². The number of carbonyl (C=O) groups excluding carboxylic acids is 2. The smallest absolute Gasteiger partial charge is 0.270 e. The highest BCUT2D eigenvalue weighted by Crippen LogP contribution is 2.28. The maximum Gasteiger partial charge on any atom is 0.270 e. The molecule has 2 amide bonds. The molecule has 0 bridgehead atoms. The van der Waals surface area contributed by atoms with Crippen LogP contribution >= 0.6 is 23.2 Å². The minimum absolute atomic E-state index is 0.0223. The van der Waals surface area contributed by atoms with Gasteiger partial charge >= 0.3 is 0 Å². The molecule has 0 saturated heterocycles. The molecule has 0 spiro atoms. The van der Waals surface area contributed by atoms with Crippen LogP contribution in [0.5, 0.6) is 0 Å². The zero-order valence-corrected chi connectivity index (χ0v) is 21.4. The number of pyridine rings is 1. The van der Waals surface area contributed by atoms with E-state index in [1.165, 1.54) is 18.3 Å². The van der Waals surface area contributed by atoms with Gasteiger partial charge in [-0.15, -0.1) is 23.2 Å². The minimum Gasteiger partial charge on any atom is -0.339 e. The van der Waals surface area contributed by atoms with Crippen molar-refractivity contribution in [1.29, 1.82) is 0 Å². The Morgan fingerprint density at radius 3 is 2.51 bits per heavy atom. The maximum atomic E-state index is 14.8. The SMILES string of the molecule is Cc1n[nH]c(C)c1-c1ccc(NC(=O)[C@H](CCCC(Cl)Cl)NC(=O)c2ccnn2C(C)C)nc1F. The summed E-state index contributed by atoms with van der Waals surface area (Å²) in [6, 6.07) is 3.64. The summed E-state index contributed by atoms with van der Waals surface area (Å²) in [6.07, 6.45) is 2.72. The number of alkyl halides is 2. The molecule has 0 saturated carbocycles. The van der Waals surface area contributed by atoms with Gasteiger partial charge in [0.05, 0.1) is 5.69 Å². The summed E-state index contributed by atoms with van der Waals surface area (Å²) in [6.45, 7) is 7.34. The van der Waals surface area contributed by atoms with Crippen LogP contribution in [0.25, 0.3) is 11.1 Å². The molecular formula is C23H28Cl2FN7O2. The van der Waals surface area contributed by atoms with Crippen LogP contribution < -0.4 is 10.6 Å². The third kappa shape index (κ3) is 6.58. The Bertz CT molecular complexity index is 1170. The second-order valence-electron chi connectivity index (χ2n) is 8.44. The minimum atomic E-state index is -0.923. The van der Waals surface area contributed by atoms with E-state index < -0.39 is 28.6 Å². The highest BCUT2D eigenvalue weighted by Gasteiger charge is 2.25. The van der Waals surface area contributed by atoms with Gasteiger partial charge < -0.3 is 10.6 Å². The molecule has 0 aliphatic rings. The summed E-state index contributed by atoms with van der Waals surface area (Å²) in [7, 11) is 0. The number of hydrogen-bond acceptors (Lipinski definition) is 5. The molecule has 188 valence electrons. The van der Waals surface area contributed by atoms with Crippen LogP contribution in [0.4, 0.5) is 10.2 Å². The maximum absolute atomic E-state index is 14.8. The molecule has 0 unspecified atom stereocenters. The number of carbonyl (C=O) groups is 2. The molecule has 3 rings (SSSR count). The van der Waals surface area contributed by atoms with Crippen LogP contribution in [0.2, 0.25) is 0 Å². The summed E-state index contributed by atoms with van der Waals surface area (Å²) >= 11 is 11.6. The Kier molecular flexibility index (Phi) is 8.85. The van der Waals surface area contributed by atoms with Gasteiger partial charge in [0.2, 0.25) is 11.9 Å². The lowest BCUT2D eigenvalue weighted by Gasteiger charge is -2.19. The second kappa shape index (κ2) is 11.6. The van der Waals surface area contributed by atoms with Crippen molar-refractivity contribution in [2.24, 2.45) is 0 Å². The fourth-order valence-corrected chi connectivity index (χ4v) is 4.04. The molecule has 3 N–H and O–H groups in total. The van der Waals surface area contributed by atoms with Gasteiger partial charge in [-0.25, -0.2) is 4.98 Å². The number of aromatic nitrogens is 5. The second-order valence-corrected chi connectivity index (χ2v) is 9.71. The molecule has 35 heavy (non-hydrogen) atoms. The predicted octanol–water partition coefficient (Wildman–Crippen LogP) is 4.72.